The first-order chi connectivity index (χ1) is 8.90. The van der Waals surface area contributed by atoms with Crippen LogP contribution in [0, 0.1) is 5.92 Å². The first-order valence-electron chi connectivity index (χ1n) is 7.68. The van der Waals surface area contributed by atoms with Crippen LogP contribution < -0.4 is 5.32 Å². The summed E-state index contributed by atoms with van der Waals surface area (Å²) < 4.78 is 0. The molecule has 0 aromatic heterocycles. The molecule has 0 aromatic carbocycles. The van der Waals surface area contributed by atoms with Crippen LogP contribution in [-0.4, -0.2) is 53.6 Å². The van der Waals surface area contributed by atoms with E-state index >= 15 is 0 Å². The minimum absolute atomic E-state index is 0.0217. The quantitative estimate of drug-likeness (QED) is 0.795. The summed E-state index contributed by atoms with van der Waals surface area (Å²) in [5.41, 5.74) is 0. The number of likely N-dealkylation sites (N-methyl/N-ethyl adjacent to an activating group) is 1. The molecule has 1 saturated heterocycles. The van der Waals surface area contributed by atoms with Crippen molar-refractivity contribution < 1.29 is 4.79 Å². The van der Waals surface area contributed by atoms with Gasteiger partial charge in [-0.15, -0.1) is 0 Å². The number of carbonyl (C=O) groups is 1. The number of hydrogen-bond donors (Lipinski definition) is 1. The van der Waals surface area contributed by atoms with Gasteiger partial charge in [-0.3, -0.25) is 15.0 Å². The van der Waals surface area contributed by atoms with Crippen LogP contribution in [0.4, 0.5) is 0 Å². The van der Waals surface area contributed by atoms with Gasteiger partial charge >= 0.3 is 0 Å². The molecule has 2 aliphatic rings. The summed E-state index contributed by atoms with van der Waals surface area (Å²) in [4.78, 5) is 16.9. The zero-order valence-corrected chi connectivity index (χ0v) is 13.0. The Morgan fingerprint density at radius 2 is 2.00 bits per heavy atom. The van der Waals surface area contributed by atoms with Gasteiger partial charge in [-0.1, -0.05) is 13.8 Å². The van der Waals surface area contributed by atoms with Crippen molar-refractivity contribution in [2.45, 2.75) is 71.2 Å². The fourth-order valence-electron chi connectivity index (χ4n) is 2.99. The lowest BCUT2D eigenvalue weighted by Crippen LogP contribution is -2.45. The van der Waals surface area contributed by atoms with Crippen LogP contribution in [0.1, 0.15) is 47.0 Å². The molecule has 0 radical (unpaired) electrons. The highest BCUT2D eigenvalue weighted by molar-refractivity contribution is 5.84. The third kappa shape index (κ3) is 3.48. The van der Waals surface area contributed by atoms with Gasteiger partial charge in [-0.2, -0.15) is 0 Å². The summed E-state index contributed by atoms with van der Waals surface area (Å²) in [7, 11) is 2.19. The van der Waals surface area contributed by atoms with Crippen LogP contribution in [-0.2, 0) is 4.79 Å². The van der Waals surface area contributed by atoms with Crippen molar-refractivity contribution in [2.75, 3.05) is 13.6 Å². The molecule has 2 rings (SSSR count). The summed E-state index contributed by atoms with van der Waals surface area (Å²) in [6.45, 7) is 9.52. The molecular formula is C15H29N3O. The van der Waals surface area contributed by atoms with Crippen LogP contribution in [0.15, 0.2) is 0 Å². The zero-order chi connectivity index (χ0) is 14.2. The fraction of sp³-hybridized carbons (Fsp3) is 0.933. The van der Waals surface area contributed by atoms with E-state index in [-0.39, 0.29) is 18.1 Å². The molecule has 3 atom stereocenters. The molecule has 0 spiro atoms. The first kappa shape index (κ1) is 14.8. The Balaban J connectivity index is 1.90. The van der Waals surface area contributed by atoms with Crippen molar-refractivity contribution in [3.05, 3.63) is 0 Å². The predicted octanol–water partition coefficient (Wildman–Crippen LogP) is 1.66. The first-order valence-corrected chi connectivity index (χ1v) is 7.68. The van der Waals surface area contributed by atoms with E-state index < -0.39 is 0 Å². The Hall–Kier alpha value is -0.610. The maximum atomic E-state index is 12.4. The van der Waals surface area contributed by atoms with E-state index in [0.29, 0.717) is 12.0 Å². The minimum Gasteiger partial charge on any atom is -0.325 e. The highest BCUT2D eigenvalue weighted by Crippen LogP contribution is 2.27. The lowest BCUT2D eigenvalue weighted by molar-refractivity contribution is -0.130. The van der Waals surface area contributed by atoms with Gasteiger partial charge in [0.1, 0.15) is 0 Å². The summed E-state index contributed by atoms with van der Waals surface area (Å²) in [6.07, 6.45) is 3.75. The molecule has 1 heterocycles. The molecule has 1 N–H and O–H groups in total. The van der Waals surface area contributed by atoms with Crippen molar-refractivity contribution in [1.29, 1.82) is 0 Å². The maximum Gasteiger partial charge on any atom is 0.241 e. The van der Waals surface area contributed by atoms with Crippen LogP contribution in [0.5, 0.6) is 0 Å². The largest absolute Gasteiger partial charge is 0.325 e. The molecular weight excluding hydrogens is 238 g/mol. The van der Waals surface area contributed by atoms with E-state index in [1.807, 2.05) is 4.90 Å². The molecule has 1 aliphatic carbocycles. The second-order valence-corrected chi connectivity index (χ2v) is 6.76. The van der Waals surface area contributed by atoms with E-state index in [0.717, 1.165) is 19.0 Å². The molecule has 1 aliphatic heterocycles. The van der Waals surface area contributed by atoms with Crippen molar-refractivity contribution in [1.82, 2.24) is 15.1 Å². The van der Waals surface area contributed by atoms with Gasteiger partial charge in [-0.05, 0) is 46.1 Å². The molecule has 0 aromatic rings. The normalized spacial score (nSPS) is 29.6. The molecule has 4 nitrogen and oxygen atoms in total. The minimum atomic E-state index is 0.0217. The number of nitrogens with zero attached hydrogens (tertiary/aromatic N) is 2. The number of rotatable bonds is 6. The number of amides is 1. The number of hydrogen-bond acceptors (Lipinski definition) is 3. The molecule has 3 unspecified atom stereocenters. The maximum absolute atomic E-state index is 12.4. The molecule has 1 amide bonds. The zero-order valence-electron chi connectivity index (χ0n) is 13.0. The Bertz CT molecular complexity index is 327. The van der Waals surface area contributed by atoms with Gasteiger partial charge < -0.3 is 4.90 Å². The highest BCUT2D eigenvalue weighted by Gasteiger charge is 2.38. The predicted molar refractivity (Wildman–Crippen MR) is 77.8 cm³/mol. The molecule has 19 heavy (non-hydrogen) atoms. The van der Waals surface area contributed by atoms with Crippen molar-refractivity contribution >= 4 is 5.91 Å². The third-order valence-corrected chi connectivity index (χ3v) is 4.48. The molecule has 0 bridgehead atoms. The van der Waals surface area contributed by atoms with Gasteiger partial charge in [0.25, 0.3) is 0 Å². The van der Waals surface area contributed by atoms with Crippen molar-refractivity contribution in [3.8, 4) is 0 Å². The summed E-state index contributed by atoms with van der Waals surface area (Å²) in [5.74, 6) is 0.845. The average Bonchev–Trinajstić information content (AvgIpc) is 3.12. The SMILES string of the molecule is CC(C)CC1NC(C)N(CC(C)N(C)C2CC2)C1=O. The lowest BCUT2D eigenvalue weighted by Gasteiger charge is -2.30. The smallest absolute Gasteiger partial charge is 0.241 e. The van der Waals surface area contributed by atoms with Gasteiger partial charge in [0.2, 0.25) is 5.91 Å². The Morgan fingerprint density at radius 3 is 2.53 bits per heavy atom. The van der Waals surface area contributed by atoms with Crippen LogP contribution in [0.25, 0.3) is 0 Å². The van der Waals surface area contributed by atoms with Crippen molar-refractivity contribution in [2.24, 2.45) is 5.92 Å². The van der Waals surface area contributed by atoms with Gasteiger partial charge in [-0.25, -0.2) is 0 Å². The Kier molecular flexibility index (Phi) is 4.51. The van der Waals surface area contributed by atoms with Crippen LogP contribution in [0.3, 0.4) is 0 Å². The van der Waals surface area contributed by atoms with Gasteiger partial charge in [0.15, 0.2) is 0 Å². The monoisotopic (exact) mass is 267 g/mol. The Labute approximate surface area is 117 Å². The molecule has 1 saturated carbocycles. The van der Waals surface area contributed by atoms with E-state index in [4.69, 9.17) is 0 Å². The Morgan fingerprint density at radius 1 is 1.37 bits per heavy atom. The second-order valence-electron chi connectivity index (χ2n) is 6.76. The van der Waals surface area contributed by atoms with E-state index in [1.165, 1.54) is 12.8 Å². The van der Waals surface area contributed by atoms with Crippen LogP contribution >= 0.6 is 0 Å². The molecule has 110 valence electrons. The van der Waals surface area contributed by atoms with Crippen molar-refractivity contribution in [3.63, 3.8) is 0 Å². The number of carbonyl (C=O) groups excluding carboxylic acids is 1. The van der Waals surface area contributed by atoms with Gasteiger partial charge in [0, 0.05) is 18.6 Å². The third-order valence-electron chi connectivity index (χ3n) is 4.48. The lowest BCUT2D eigenvalue weighted by atomic mass is 10.0. The highest BCUT2D eigenvalue weighted by atomic mass is 16.2. The van der Waals surface area contributed by atoms with E-state index in [1.54, 1.807) is 0 Å². The summed E-state index contributed by atoms with van der Waals surface area (Å²) in [6, 6.07) is 1.22. The second kappa shape index (κ2) is 5.80. The average molecular weight is 267 g/mol. The van der Waals surface area contributed by atoms with Crippen LogP contribution in [0.2, 0.25) is 0 Å². The number of nitrogens with one attached hydrogen (secondary N) is 1. The van der Waals surface area contributed by atoms with E-state index in [2.05, 4.69) is 45.0 Å². The molecule has 2 fully saturated rings. The molecule has 4 heteroatoms. The standard InChI is InChI=1S/C15H29N3O/c1-10(2)8-14-15(19)18(12(4)16-14)9-11(3)17(5)13-6-7-13/h10-14,16H,6-9H2,1-5H3. The fourth-order valence-corrected chi connectivity index (χ4v) is 2.99. The van der Waals surface area contributed by atoms with Gasteiger partial charge in [0.05, 0.1) is 12.2 Å². The van der Waals surface area contributed by atoms with E-state index in [9.17, 15) is 4.79 Å². The summed E-state index contributed by atoms with van der Waals surface area (Å²) >= 11 is 0. The summed E-state index contributed by atoms with van der Waals surface area (Å²) in [5, 5.41) is 3.43. The topological polar surface area (TPSA) is 35.6 Å².